The topological polar surface area (TPSA) is 46.5 Å². The average Bonchev–Trinajstić information content (AvgIpc) is 2.29. The van der Waals surface area contributed by atoms with E-state index >= 15 is 0 Å². The lowest BCUT2D eigenvalue weighted by Gasteiger charge is -2.37. The molecule has 0 aromatic rings. The van der Waals surface area contributed by atoms with E-state index < -0.39 is 16.9 Å². The SMILES string of the molecule is CCOC(=O)C(Cl)C(C)(O)C1CCCCC1. The van der Waals surface area contributed by atoms with Crippen LogP contribution < -0.4 is 0 Å². The molecule has 0 saturated heterocycles. The zero-order valence-corrected chi connectivity index (χ0v) is 10.8. The third-order valence-corrected chi connectivity index (χ3v) is 4.06. The van der Waals surface area contributed by atoms with Gasteiger partial charge in [0.2, 0.25) is 0 Å². The van der Waals surface area contributed by atoms with Crippen molar-refractivity contribution < 1.29 is 14.6 Å². The van der Waals surface area contributed by atoms with Crippen LogP contribution in [0.5, 0.6) is 0 Å². The van der Waals surface area contributed by atoms with Crippen LogP contribution in [0.2, 0.25) is 0 Å². The van der Waals surface area contributed by atoms with E-state index in [-0.39, 0.29) is 5.92 Å². The number of hydrogen-bond donors (Lipinski definition) is 1. The van der Waals surface area contributed by atoms with Gasteiger partial charge in [-0.15, -0.1) is 11.6 Å². The number of alkyl halides is 1. The molecule has 1 aliphatic carbocycles. The van der Waals surface area contributed by atoms with Gasteiger partial charge in [0.25, 0.3) is 0 Å². The molecule has 1 N–H and O–H groups in total. The van der Waals surface area contributed by atoms with Crippen molar-refractivity contribution in [1.29, 1.82) is 0 Å². The molecule has 1 fully saturated rings. The first-order valence-electron chi connectivity index (χ1n) is 6.03. The fraction of sp³-hybridized carbons (Fsp3) is 0.917. The summed E-state index contributed by atoms with van der Waals surface area (Å²) in [6.45, 7) is 3.68. The van der Waals surface area contributed by atoms with Crippen LogP contribution in [0.25, 0.3) is 0 Å². The normalized spacial score (nSPS) is 23.5. The summed E-state index contributed by atoms with van der Waals surface area (Å²) in [5.41, 5.74) is -1.16. The summed E-state index contributed by atoms with van der Waals surface area (Å²) in [5.74, 6) is -0.409. The first-order chi connectivity index (χ1) is 7.50. The van der Waals surface area contributed by atoms with Gasteiger partial charge in [-0.2, -0.15) is 0 Å². The summed E-state index contributed by atoms with van der Waals surface area (Å²) in [4.78, 5) is 11.5. The zero-order chi connectivity index (χ0) is 12.2. The number of halogens is 1. The predicted octanol–water partition coefficient (Wildman–Crippen LogP) is 2.49. The quantitative estimate of drug-likeness (QED) is 0.614. The number of aliphatic hydroxyl groups is 1. The third kappa shape index (κ3) is 3.11. The van der Waals surface area contributed by atoms with Gasteiger partial charge in [0, 0.05) is 0 Å². The maximum Gasteiger partial charge on any atom is 0.327 e. The van der Waals surface area contributed by atoms with E-state index in [1.165, 1.54) is 6.42 Å². The molecule has 4 heteroatoms. The molecule has 3 nitrogen and oxygen atoms in total. The van der Waals surface area contributed by atoms with Crippen LogP contribution in [0.1, 0.15) is 46.0 Å². The highest BCUT2D eigenvalue weighted by Crippen LogP contribution is 2.36. The van der Waals surface area contributed by atoms with Gasteiger partial charge >= 0.3 is 5.97 Å². The summed E-state index contributed by atoms with van der Waals surface area (Å²) >= 11 is 6.01. The van der Waals surface area contributed by atoms with Crippen molar-refractivity contribution in [2.24, 2.45) is 5.92 Å². The Kier molecular flexibility index (Phi) is 5.06. The fourth-order valence-corrected chi connectivity index (χ4v) is 2.59. The highest BCUT2D eigenvalue weighted by molar-refractivity contribution is 6.30. The summed E-state index contributed by atoms with van der Waals surface area (Å²) in [6, 6.07) is 0. The van der Waals surface area contributed by atoms with Crippen LogP contribution in [-0.2, 0) is 9.53 Å². The van der Waals surface area contributed by atoms with Gasteiger partial charge in [-0.25, -0.2) is 0 Å². The van der Waals surface area contributed by atoms with Gasteiger partial charge in [-0.3, -0.25) is 4.79 Å². The lowest BCUT2D eigenvalue weighted by atomic mass is 9.76. The molecule has 1 rings (SSSR count). The van der Waals surface area contributed by atoms with E-state index in [9.17, 15) is 9.90 Å². The molecule has 1 aliphatic rings. The number of esters is 1. The largest absolute Gasteiger partial charge is 0.465 e. The lowest BCUT2D eigenvalue weighted by molar-refractivity contribution is -0.149. The smallest absolute Gasteiger partial charge is 0.327 e. The van der Waals surface area contributed by atoms with Gasteiger partial charge in [0.05, 0.1) is 12.2 Å². The van der Waals surface area contributed by atoms with Crippen molar-refractivity contribution in [1.82, 2.24) is 0 Å². The fourth-order valence-electron chi connectivity index (χ4n) is 2.35. The van der Waals surface area contributed by atoms with Crippen LogP contribution in [0.3, 0.4) is 0 Å². The first-order valence-corrected chi connectivity index (χ1v) is 6.46. The maximum absolute atomic E-state index is 11.5. The Balaban J connectivity index is 2.63. The van der Waals surface area contributed by atoms with Crippen molar-refractivity contribution in [3.05, 3.63) is 0 Å². The van der Waals surface area contributed by atoms with E-state index in [0.29, 0.717) is 6.61 Å². The Bertz CT molecular complexity index is 234. The summed E-state index contributed by atoms with van der Waals surface area (Å²) in [6.07, 6.45) is 5.30. The van der Waals surface area contributed by atoms with Crippen molar-refractivity contribution in [2.45, 2.75) is 56.9 Å². The van der Waals surface area contributed by atoms with E-state index in [1.54, 1.807) is 13.8 Å². The van der Waals surface area contributed by atoms with E-state index in [4.69, 9.17) is 16.3 Å². The highest BCUT2D eigenvalue weighted by Gasteiger charge is 2.43. The molecule has 0 aliphatic heterocycles. The number of carbonyl (C=O) groups is 1. The van der Waals surface area contributed by atoms with Crippen LogP contribution in [0.4, 0.5) is 0 Å². The number of carbonyl (C=O) groups excluding carboxylic acids is 1. The van der Waals surface area contributed by atoms with Crippen LogP contribution >= 0.6 is 11.6 Å². The standard InChI is InChI=1S/C12H21ClO3/c1-3-16-11(14)10(13)12(2,15)9-7-5-4-6-8-9/h9-10,15H,3-8H2,1-2H3. The van der Waals surface area contributed by atoms with Crippen molar-refractivity contribution in [3.8, 4) is 0 Å². The Morgan fingerprint density at radius 3 is 2.56 bits per heavy atom. The molecule has 0 radical (unpaired) electrons. The van der Waals surface area contributed by atoms with E-state index in [2.05, 4.69) is 0 Å². The number of ether oxygens (including phenoxy) is 1. The second-order valence-corrected chi connectivity index (χ2v) is 5.11. The first kappa shape index (κ1) is 13.8. The van der Waals surface area contributed by atoms with Gasteiger partial charge < -0.3 is 9.84 Å². The van der Waals surface area contributed by atoms with E-state index in [1.807, 2.05) is 0 Å². The molecule has 0 spiro atoms. The molecule has 0 aromatic carbocycles. The molecular formula is C12H21ClO3. The van der Waals surface area contributed by atoms with Crippen molar-refractivity contribution in [3.63, 3.8) is 0 Å². The predicted molar refractivity (Wildman–Crippen MR) is 63.5 cm³/mol. The van der Waals surface area contributed by atoms with Crippen LogP contribution in [0, 0.1) is 5.92 Å². The van der Waals surface area contributed by atoms with Crippen LogP contribution in [-0.4, -0.2) is 28.7 Å². The van der Waals surface area contributed by atoms with Gasteiger partial charge in [0.1, 0.15) is 0 Å². The van der Waals surface area contributed by atoms with Gasteiger partial charge in [0.15, 0.2) is 5.38 Å². The molecule has 0 aromatic heterocycles. The molecule has 2 atom stereocenters. The monoisotopic (exact) mass is 248 g/mol. The Hall–Kier alpha value is -0.280. The molecule has 16 heavy (non-hydrogen) atoms. The summed E-state index contributed by atoms with van der Waals surface area (Å²) in [5, 5.41) is 9.41. The minimum atomic E-state index is -1.16. The van der Waals surface area contributed by atoms with Crippen molar-refractivity contribution >= 4 is 17.6 Å². The third-order valence-electron chi connectivity index (χ3n) is 3.44. The molecule has 94 valence electrons. The molecule has 2 unspecified atom stereocenters. The summed E-state index contributed by atoms with van der Waals surface area (Å²) < 4.78 is 4.85. The Morgan fingerprint density at radius 1 is 1.50 bits per heavy atom. The summed E-state index contributed by atoms with van der Waals surface area (Å²) in [7, 11) is 0. The number of rotatable bonds is 4. The van der Waals surface area contributed by atoms with Gasteiger partial charge in [-0.05, 0) is 32.6 Å². The minimum absolute atomic E-state index is 0.105. The van der Waals surface area contributed by atoms with Gasteiger partial charge in [-0.1, -0.05) is 19.3 Å². The maximum atomic E-state index is 11.5. The molecule has 0 bridgehead atoms. The molecule has 0 heterocycles. The minimum Gasteiger partial charge on any atom is -0.465 e. The lowest BCUT2D eigenvalue weighted by Crippen LogP contribution is -2.48. The second-order valence-electron chi connectivity index (χ2n) is 4.68. The zero-order valence-electron chi connectivity index (χ0n) is 10.0. The molecule has 0 amide bonds. The molecular weight excluding hydrogens is 228 g/mol. The Morgan fingerprint density at radius 2 is 2.06 bits per heavy atom. The molecule has 1 saturated carbocycles. The number of hydrogen-bond acceptors (Lipinski definition) is 3. The van der Waals surface area contributed by atoms with Crippen molar-refractivity contribution in [2.75, 3.05) is 6.61 Å². The second kappa shape index (κ2) is 5.87. The average molecular weight is 249 g/mol. The van der Waals surface area contributed by atoms with E-state index in [0.717, 1.165) is 25.7 Å². The highest BCUT2D eigenvalue weighted by atomic mass is 35.5. The Labute approximate surface area is 102 Å². The van der Waals surface area contributed by atoms with Crippen LogP contribution in [0.15, 0.2) is 0 Å².